The Bertz CT molecular complexity index is 597. The molecule has 0 bridgehead atoms. The zero-order chi connectivity index (χ0) is 14.1. The number of ether oxygens (including phenoxy) is 1. The van der Waals surface area contributed by atoms with Gasteiger partial charge in [0.2, 0.25) is 0 Å². The number of nitrogens with zero attached hydrogens (tertiary/aromatic N) is 2. The van der Waals surface area contributed by atoms with Gasteiger partial charge in [-0.3, -0.25) is 0 Å². The van der Waals surface area contributed by atoms with E-state index in [1.54, 1.807) is 0 Å². The van der Waals surface area contributed by atoms with Crippen LogP contribution in [0.4, 0.5) is 0 Å². The third-order valence-electron chi connectivity index (χ3n) is 3.84. The lowest BCUT2D eigenvalue weighted by Crippen LogP contribution is -2.12. The van der Waals surface area contributed by atoms with Gasteiger partial charge < -0.3 is 15.0 Å². The van der Waals surface area contributed by atoms with E-state index in [1.807, 2.05) is 0 Å². The summed E-state index contributed by atoms with van der Waals surface area (Å²) >= 11 is 0. The summed E-state index contributed by atoms with van der Waals surface area (Å²) in [6.45, 7) is 6.86. The van der Waals surface area contributed by atoms with E-state index in [9.17, 15) is 0 Å². The van der Waals surface area contributed by atoms with Crippen molar-refractivity contribution in [2.75, 3.05) is 6.61 Å². The molecule has 0 radical (unpaired) electrons. The van der Waals surface area contributed by atoms with E-state index in [2.05, 4.69) is 36.6 Å². The number of rotatable bonds is 4. The smallest absolute Gasteiger partial charge is 0.139 e. The Labute approximate surface area is 119 Å². The van der Waals surface area contributed by atoms with Crippen LogP contribution < -0.4 is 5.73 Å². The van der Waals surface area contributed by atoms with E-state index < -0.39 is 0 Å². The molecule has 1 saturated heterocycles. The summed E-state index contributed by atoms with van der Waals surface area (Å²) in [6, 6.07) is 6.34. The fourth-order valence-electron chi connectivity index (χ4n) is 2.91. The van der Waals surface area contributed by atoms with Crippen molar-refractivity contribution in [2.24, 2.45) is 11.7 Å². The first-order chi connectivity index (χ1) is 9.69. The van der Waals surface area contributed by atoms with Crippen molar-refractivity contribution in [1.82, 2.24) is 9.55 Å². The topological polar surface area (TPSA) is 53.1 Å². The molecule has 4 heteroatoms. The Kier molecular flexibility index (Phi) is 3.76. The highest BCUT2D eigenvalue weighted by Gasteiger charge is 2.24. The van der Waals surface area contributed by atoms with Crippen LogP contribution in [0, 0.1) is 5.92 Å². The van der Waals surface area contributed by atoms with Gasteiger partial charge in [-0.25, -0.2) is 4.98 Å². The first-order valence-corrected chi connectivity index (χ1v) is 7.49. The standard InChI is InChI=1S/C16H23N3O/c1-11(2)10-19-14-6-5-12(9-17)8-13(14)18-16(19)15-4-3-7-20-15/h5-6,8,11,15H,3-4,7,9-10,17H2,1-2H3. The second-order valence-corrected chi connectivity index (χ2v) is 6.00. The van der Waals surface area contributed by atoms with E-state index in [0.717, 1.165) is 42.9 Å². The molecule has 1 aliphatic heterocycles. The number of imidazole rings is 1. The summed E-state index contributed by atoms with van der Waals surface area (Å²) in [5, 5.41) is 0. The number of fused-ring (bicyclic) bond motifs is 1. The Hall–Kier alpha value is -1.39. The van der Waals surface area contributed by atoms with E-state index in [0.29, 0.717) is 12.5 Å². The first-order valence-electron chi connectivity index (χ1n) is 7.49. The second-order valence-electron chi connectivity index (χ2n) is 6.00. The summed E-state index contributed by atoms with van der Waals surface area (Å²) < 4.78 is 8.17. The number of nitrogens with two attached hydrogens (primary N) is 1. The normalized spacial score (nSPS) is 19.3. The van der Waals surface area contributed by atoms with E-state index in [4.69, 9.17) is 15.5 Å². The molecule has 2 aromatic rings. The number of hydrogen-bond acceptors (Lipinski definition) is 3. The molecule has 0 amide bonds. The molecule has 1 atom stereocenters. The zero-order valence-corrected chi connectivity index (χ0v) is 12.3. The molecule has 1 unspecified atom stereocenters. The zero-order valence-electron chi connectivity index (χ0n) is 12.3. The van der Waals surface area contributed by atoms with Gasteiger partial charge >= 0.3 is 0 Å². The Morgan fingerprint density at radius 1 is 1.45 bits per heavy atom. The van der Waals surface area contributed by atoms with Crippen LogP contribution in [0.1, 0.15) is 44.2 Å². The lowest BCUT2D eigenvalue weighted by Gasteiger charge is -2.15. The van der Waals surface area contributed by atoms with Crippen molar-refractivity contribution in [3.05, 3.63) is 29.6 Å². The lowest BCUT2D eigenvalue weighted by atomic mass is 10.2. The van der Waals surface area contributed by atoms with Gasteiger partial charge in [-0.1, -0.05) is 19.9 Å². The van der Waals surface area contributed by atoms with Crippen LogP contribution in [0.25, 0.3) is 11.0 Å². The van der Waals surface area contributed by atoms with Crippen molar-refractivity contribution < 1.29 is 4.74 Å². The molecule has 3 rings (SSSR count). The number of benzene rings is 1. The van der Waals surface area contributed by atoms with Crippen molar-refractivity contribution in [3.63, 3.8) is 0 Å². The Morgan fingerprint density at radius 3 is 2.95 bits per heavy atom. The van der Waals surface area contributed by atoms with Crippen molar-refractivity contribution >= 4 is 11.0 Å². The maximum absolute atomic E-state index is 5.84. The molecule has 0 saturated carbocycles. The quantitative estimate of drug-likeness (QED) is 0.931. The predicted octanol–water partition coefficient (Wildman–Crippen LogP) is 3.00. The molecule has 0 aliphatic carbocycles. The summed E-state index contributed by atoms with van der Waals surface area (Å²) in [5.41, 5.74) is 9.10. The highest BCUT2D eigenvalue weighted by Crippen LogP contribution is 2.31. The Balaban J connectivity index is 2.10. The maximum atomic E-state index is 5.84. The van der Waals surface area contributed by atoms with Gasteiger partial charge in [0.1, 0.15) is 11.9 Å². The van der Waals surface area contributed by atoms with E-state index in [1.165, 1.54) is 5.52 Å². The third-order valence-corrected chi connectivity index (χ3v) is 3.84. The minimum Gasteiger partial charge on any atom is -0.370 e. The maximum Gasteiger partial charge on any atom is 0.139 e. The van der Waals surface area contributed by atoms with Gasteiger partial charge in [0.25, 0.3) is 0 Å². The monoisotopic (exact) mass is 273 g/mol. The van der Waals surface area contributed by atoms with Crippen LogP contribution >= 0.6 is 0 Å². The molecular weight excluding hydrogens is 250 g/mol. The van der Waals surface area contributed by atoms with Gasteiger partial charge in [-0.05, 0) is 36.5 Å². The molecule has 20 heavy (non-hydrogen) atoms. The molecule has 1 aliphatic rings. The molecule has 4 nitrogen and oxygen atoms in total. The van der Waals surface area contributed by atoms with Gasteiger partial charge in [0.15, 0.2) is 0 Å². The largest absolute Gasteiger partial charge is 0.370 e. The highest BCUT2D eigenvalue weighted by molar-refractivity contribution is 5.77. The summed E-state index contributed by atoms with van der Waals surface area (Å²) in [5.74, 6) is 1.67. The minimum absolute atomic E-state index is 0.155. The Morgan fingerprint density at radius 2 is 2.30 bits per heavy atom. The first kappa shape index (κ1) is 13.6. The van der Waals surface area contributed by atoms with Crippen LogP contribution in [0.15, 0.2) is 18.2 Å². The highest BCUT2D eigenvalue weighted by atomic mass is 16.5. The summed E-state index contributed by atoms with van der Waals surface area (Å²) in [6.07, 6.45) is 2.36. The fourth-order valence-corrected chi connectivity index (χ4v) is 2.91. The fraction of sp³-hybridized carbons (Fsp3) is 0.562. The predicted molar refractivity (Wildman–Crippen MR) is 80.4 cm³/mol. The van der Waals surface area contributed by atoms with Crippen LogP contribution in [-0.2, 0) is 17.8 Å². The average molecular weight is 273 g/mol. The number of aromatic nitrogens is 2. The van der Waals surface area contributed by atoms with Crippen LogP contribution in [-0.4, -0.2) is 16.2 Å². The van der Waals surface area contributed by atoms with Gasteiger partial charge in [0, 0.05) is 19.7 Å². The van der Waals surface area contributed by atoms with Gasteiger partial charge in [-0.15, -0.1) is 0 Å². The van der Waals surface area contributed by atoms with Crippen molar-refractivity contribution in [3.8, 4) is 0 Å². The van der Waals surface area contributed by atoms with E-state index in [-0.39, 0.29) is 6.10 Å². The molecular formula is C16H23N3O. The van der Waals surface area contributed by atoms with Gasteiger partial charge in [0.05, 0.1) is 11.0 Å². The second kappa shape index (κ2) is 5.54. The van der Waals surface area contributed by atoms with Crippen LogP contribution in [0.3, 0.4) is 0 Å². The van der Waals surface area contributed by atoms with Crippen LogP contribution in [0.5, 0.6) is 0 Å². The molecule has 1 fully saturated rings. The average Bonchev–Trinajstić information content (AvgIpc) is 3.05. The summed E-state index contributed by atoms with van der Waals surface area (Å²) in [4.78, 5) is 4.84. The minimum atomic E-state index is 0.155. The van der Waals surface area contributed by atoms with Crippen molar-refractivity contribution in [1.29, 1.82) is 0 Å². The molecule has 0 spiro atoms. The molecule has 2 N–H and O–H groups in total. The molecule has 1 aromatic heterocycles. The molecule has 1 aromatic carbocycles. The third kappa shape index (κ3) is 2.45. The molecule has 108 valence electrons. The SMILES string of the molecule is CC(C)Cn1c(C2CCCO2)nc2cc(CN)ccc21. The number of hydrogen-bond donors (Lipinski definition) is 1. The lowest BCUT2D eigenvalue weighted by molar-refractivity contribution is 0.102. The molecule has 2 heterocycles. The van der Waals surface area contributed by atoms with E-state index >= 15 is 0 Å². The van der Waals surface area contributed by atoms with Crippen LogP contribution in [0.2, 0.25) is 0 Å². The van der Waals surface area contributed by atoms with Gasteiger partial charge in [-0.2, -0.15) is 0 Å². The summed E-state index contributed by atoms with van der Waals surface area (Å²) in [7, 11) is 0. The van der Waals surface area contributed by atoms with Crippen molar-refractivity contribution in [2.45, 2.75) is 45.9 Å².